The van der Waals surface area contributed by atoms with Gasteiger partial charge in [0.15, 0.2) is 5.01 Å². The van der Waals surface area contributed by atoms with E-state index < -0.39 is 5.54 Å². The highest BCUT2D eigenvalue weighted by atomic mass is 35.5. The number of nitrogens with zero attached hydrogens (tertiary/aromatic N) is 5. The first-order valence-electron chi connectivity index (χ1n) is 8.05. The smallest absolute Gasteiger partial charge is 0.254 e. The van der Waals surface area contributed by atoms with Crippen molar-refractivity contribution in [2.24, 2.45) is 0 Å². The van der Waals surface area contributed by atoms with Crippen LogP contribution in [0.1, 0.15) is 12.8 Å². The van der Waals surface area contributed by atoms with E-state index in [1.165, 1.54) is 11.3 Å². The molecule has 144 valence electrons. The fourth-order valence-corrected chi connectivity index (χ4v) is 3.72. The zero-order valence-electron chi connectivity index (χ0n) is 14.2. The Morgan fingerprint density at radius 1 is 1.15 bits per heavy atom. The monoisotopic (exact) mass is 427 g/mol. The lowest BCUT2D eigenvalue weighted by Gasteiger charge is -2.36. The van der Waals surface area contributed by atoms with Crippen molar-refractivity contribution in [1.82, 2.24) is 30.3 Å². The second-order valence-corrected chi connectivity index (χ2v) is 6.79. The minimum atomic E-state index is -0.703. The fraction of sp³-hybridized carbons (Fsp3) is 0.312. The van der Waals surface area contributed by atoms with Crippen molar-refractivity contribution in [2.75, 3.05) is 18.4 Å². The molecule has 4 heterocycles. The van der Waals surface area contributed by atoms with Crippen molar-refractivity contribution in [3.63, 3.8) is 0 Å². The average molecular weight is 428 g/mol. The number of piperidine rings is 1. The minimum Gasteiger partial charge on any atom is -0.317 e. The van der Waals surface area contributed by atoms with Crippen LogP contribution in [0.5, 0.6) is 0 Å². The van der Waals surface area contributed by atoms with Gasteiger partial charge in [0, 0.05) is 18.6 Å². The van der Waals surface area contributed by atoms with Crippen molar-refractivity contribution < 1.29 is 4.79 Å². The second-order valence-electron chi connectivity index (χ2n) is 5.81. The summed E-state index contributed by atoms with van der Waals surface area (Å²) in [6.07, 6.45) is 6.58. The van der Waals surface area contributed by atoms with Gasteiger partial charge in [-0.1, -0.05) is 17.4 Å². The van der Waals surface area contributed by atoms with Crippen LogP contribution < -0.4 is 10.6 Å². The maximum Gasteiger partial charge on any atom is 0.254 e. The highest BCUT2D eigenvalue weighted by Crippen LogP contribution is 2.30. The number of aromatic nitrogens is 5. The molecular weight excluding hydrogens is 409 g/mol. The Bertz CT molecular complexity index is 851. The van der Waals surface area contributed by atoms with Gasteiger partial charge in [-0.2, -0.15) is 5.10 Å². The molecule has 4 rings (SSSR count). The number of amides is 1. The van der Waals surface area contributed by atoms with Crippen LogP contribution in [0.3, 0.4) is 0 Å². The molecule has 1 aliphatic rings. The van der Waals surface area contributed by atoms with E-state index in [0.717, 1.165) is 18.8 Å². The van der Waals surface area contributed by atoms with Gasteiger partial charge in [0.25, 0.3) is 5.91 Å². The molecule has 0 spiro atoms. The lowest BCUT2D eigenvalue weighted by atomic mass is 9.87. The van der Waals surface area contributed by atoms with Crippen molar-refractivity contribution in [1.29, 1.82) is 0 Å². The molecule has 2 N–H and O–H groups in total. The molecule has 0 radical (unpaired) electrons. The average Bonchev–Trinajstić information content (AvgIpc) is 3.35. The predicted octanol–water partition coefficient (Wildman–Crippen LogP) is 2.36. The summed E-state index contributed by atoms with van der Waals surface area (Å²) in [5.74, 6) is -0.110. The SMILES string of the molecule is Cl.Cl.O=C(Nc1nnc(-c2ccccn2)s1)C1(n2cccn2)CCNCC1. The van der Waals surface area contributed by atoms with Gasteiger partial charge in [-0.25, -0.2) is 0 Å². The molecular formula is C16H19Cl2N7OS. The Balaban J connectivity index is 0.00000131. The quantitative estimate of drug-likeness (QED) is 0.662. The third-order valence-corrected chi connectivity index (χ3v) is 5.19. The molecule has 0 unspecified atom stereocenters. The first kappa shape index (κ1) is 21.2. The van der Waals surface area contributed by atoms with Gasteiger partial charge in [0.05, 0.1) is 0 Å². The van der Waals surface area contributed by atoms with Crippen molar-refractivity contribution in [3.8, 4) is 10.7 Å². The number of carbonyl (C=O) groups is 1. The number of halogens is 2. The third kappa shape index (κ3) is 4.27. The molecule has 11 heteroatoms. The lowest BCUT2D eigenvalue weighted by molar-refractivity contribution is -0.126. The highest BCUT2D eigenvalue weighted by Gasteiger charge is 2.42. The molecule has 1 saturated heterocycles. The van der Waals surface area contributed by atoms with Gasteiger partial charge in [-0.05, 0) is 44.1 Å². The number of anilines is 1. The van der Waals surface area contributed by atoms with E-state index in [0.29, 0.717) is 23.0 Å². The third-order valence-electron chi connectivity index (χ3n) is 4.33. The minimum absolute atomic E-state index is 0. The summed E-state index contributed by atoms with van der Waals surface area (Å²) >= 11 is 1.31. The summed E-state index contributed by atoms with van der Waals surface area (Å²) in [7, 11) is 0. The summed E-state index contributed by atoms with van der Waals surface area (Å²) in [5.41, 5.74) is 0.0372. The largest absolute Gasteiger partial charge is 0.317 e. The van der Waals surface area contributed by atoms with Crippen LogP contribution in [0.25, 0.3) is 10.7 Å². The fourth-order valence-electron chi connectivity index (χ4n) is 3.00. The van der Waals surface area contributed by atoms with Crippen molar-refractivity contribution in [3.05, 3.63) is 42.9 Å². The molecule has 3 aromatic rings. The van der Waals surface area contributed by atoms with Crippen LogP contribution >= 0.6 is 36.2 Å². The Kier molecular flexibility index (Phi) is 7.25. The summed E-state index contributed by atoms with van der Waals surface area (Å²) in [4.78, 5) is 17.3. The van der Waals surface area contributed by atoms with Crippen LogP contribution in [0.2, 0.25) is 0 Å². The zero-order valence-corrected chi connectivity index (χ0v) is 16.7. The van der Waals surface area contributed by atoms with E-state index in [9.17, 15) is 4.79 Å². The van der Waals surface area contributed by atoms with Gasteiger partial charge in [-0.3, -0.25) is 19.8 Å². The second kappa shape index (κ2) is 9.23. The standard InChI is InChI=1S/C16H17N7OS.2ClH/c24-14(16(5-9-17-10-6-16)23-11-3-8-19-23)20-15-22-21-13(25-15)12-4-1-2-7-18-12;;/h1-4,7-8,11,17H,5-6,9-10H2,(H,20,22,24);2*1H. The molecule has 3 aromatic heterocycles. The topological polar surface area (TPSA) is 97.6 Å². The number of hydrogen-bond acceptors (Lipinski definition) is 7. The molecule has 1 aliphatic heterocycles. The maximum absolute atomic E-state index is 13.1. The molecule has 27 heavy (non-hydrogen) atoms. The molecule has 8 nitrogen and oxygen atoms in total. The zero-order chi connectivity index (χ0) is 17.1. The van der Waals surface area contributed by atoms with Crippen LogP contribution in [0.15, 0.2) is 42.9 Å². The van der Waals surface area contributed by atoms with Crippen LogP contribution in [0.4, 0.5) is 5.13 Å². The molecule has 0 bridgehead atoms. The van der Waals surface area contributed by atoms with E-state index in [4.69, 9.17) is 0 Å². The number of nitrogens with one attached hydrogen (secondary N) is 2. The number of carbonyl (C=O) groups excluding carboxylic acids is 1. The highest BCUT2D eigenvalue weighted by molar-refractivity contribution is 7.18. The summed E-state index contributed by atoms with van der Waals surface area (Å²) in [6.45, 7) is 1.53. The van der Waals surface area contributed by atoms with Crippen molar-refractivity contribution >= 4 is 47.2 Å². The molecule has 0 atom stereocenters. The van der Waals surface area contributed by atoms with Gasteiger partial charge in [0.2, 0.25) is 5.13 Å². The summed E-state index contributed by atoms with van der Waals surface area (Å²) in [5, 5.41) is 19.9. The Hall–Kier alpha value is -2.07. The molecule has 0 aliphatic carbocycles. The normalized spacial score (nSPS) is 15.3. The van der Waals surface area contributed by atoms with Gasteiger partial charge in [0.1, 0.15) is 11.2 Å². The Labute approximate surface area is 172 Å². The van der Waals surface area contributed by atoms with E-state index in [1.807, 2.05) is 30.5 Å². The predicted molar refractivity (Wildman–Crippen MR) is 109 cm³/mol. The van der Waals surface area contributed by atoms with E-state index in [1.54, 1.807) is 17.1 Å². The number of hydrogen-bond donors (Lipinski definition) is 2. The van der Waals surface area contributed by atoms with E-state index in [-0.39, 0.29) is 30.7 Å². The molecule has 0 aromatic carbocycles. The van der Waals surface area contributed by atoms with Crippen molar-refractivity contribution in [2.45, 2.75) is 18.4 Å². The van der Waals surface area contributed by atoms with Gasteiger partial charge in [-0.15, -0.1) is 35.0 Å². The lowest BCUT2D eigenvalue weighted by Crippen LogP contribution is -2.52. The van der Waals surface area contributed by atoms with Gasteiger partial charge >= 0.3 is 0 Å². The summed E-state index contributed by atoms with van der Waals surface area (Å²) in [6, 6.07) is 7.44. The summed E-state index contributed by atoms with van der Waals surface area (Å²) < 4.78 is 1.75. The van der Waals surface area contributed by atoms with E-state index in [2.05, 4.69) is 30.9 Å². The van der Waals surface area contributed by atoms with E-state index >= 15 is 0 Å². The first-order valence-corrected chi connectivity index (χ1v) is 8.87. The number of rotatable bonds is 4. The number of pyridine rings is 1. The molecule has 0 saturated carbocycles. The van der Waals surface area contributed by atoms with Gasteiger partial charge < -0.3 is 5.32 Å². The Morgan fingerprint density at radius 3 is 2.63 bits per heavy atom. The van der Waals surface area contributed by atoms with Crippen LogP contribution in [-0.2, 0) is 10.3 Å². The molecule has 1 fully saturated rings. The maximum atomic E-state index is 13.1. The first-order chi connectivity index (χ1) is 12.3. The van der Waals surface area contributed by atoms with Crippen LogP contribution in [-0.4, -0.2) is 44.0 Å². The molecule has 1 amide bonds. The van der Waals surface area contributed by atoms with Crippen LogP contribution in [0, 0.1) is 0 Å². The Morgan fingerprint density at radius 2 is 1.96 bits per heavy atom.